The molecule has 1 aromatic heterocycles. The molecule has 2 aliphatic rings. The van der Waals surface area contributed by atoms with E-state index in [9.17, 15) is 4.79 Å². The van der Waals surface area contributed by atoms with Gasteiger partial charge in [0.2, 0.25) is 0 Å². The monoisotopic (exact) mass is 444 g/mol. The molecule has 6 nitrogen and oxygen atoms in total. The number of aryl methyl sites for hydroxylation is 2. The molecule has 1 amide bonds. The number of nitrogens with zero attached hydrogens (tertiary/aromatic N) is 4. The molecule has 2 heterocycles. The Morgan fingerprint density at radius 1 is 1.09 bits per heavy atom. The van der Waals surface area contributed by atoms with Gasteiger partial charge in [-0.15, -0.1) is 0 Å². The van der Waals surface area contributed by atoms with Gasteiger partial charge in [-0.05, 0) is 48.1 Å². The van der Waals surface area contributed by atoms with Crippen LogP contribution in [0.25, 0.3) is 0 Å². The van der Waals surface area contributed by atoms with E-state index >= 15 is 0 Å². The highest BCUT2D eigenvalue weighted by Crippen LogP contribution is 2.31. The average Bonchev–Trinajstić information content (AvgIpc) is 3.44. The quantitative estimate of drug-likeness (QED) is 0.585. The van der Waals surface area contributed by atoms with Crippen LogP contribution in [0.15, 0.2) is 48.5 Å². The number of aromatic nitrogens is 2. The van der Waals surface area contributed by atoms with Crippen molar-refractivity contribution in [1.82, 2.24) is 19.6 Å². The first-order valence-electron chi connectivity index (χ1n) is 11.8. The topological polar surface area (TPSA) is 50.6 Å². The number of carbonyl (C=O) groups excluding carboxylic acids is 1. The van der Waals surface area contributed by atoms with Crippen LogP contribution >= 0.6 is 0 Å². The Bertz CT molecular complexity index is 1120. The maximum Gasteiger partial charge on any atom is 0.274 e. The van der Waals surface area contributed by atoms with Crippen LogP contribution < -0.4 is 4.74 Å². The molecule has 33 heavy (non-hydrogen) atoms. The maximum atomic E-state index is 13.0. The lowest BCUT2D eigenvalue weighted by atomic mass is 10.0. The van der Waals surface area contributed by atoms with Crippen molar-refractivity contribution in [3.8, 4) is 5.75 Å². The van der Waals surface area contributed by atoms with E-state index in [0.717, 1.165) is 56.6 Å². The first-order valence-corrected chi connectivity index (χ1v) is 11.8. The minimum Gasteiger partial charge on any atom is -0.497 e. The van der Waals surface area contributed by atoms with Gasteiger partial charge in [-0.2, -0.15) is 5.10 Å². The van der Waals surface area contributed by atoms with Crippen molar-refractivity contribution < 1.29 is 9.53 Å². The summed E-state index contributed by atoms with van der Waals surface area (Å²) in [7, 11) is 5.29. The standard InChI is InChI=1S/C27H32N4O2/c1-29(2)27(32)26-24-18-30(22-16-20-6-4-5-7-21(20)17-22)14-13-25(24)31(28-26)15-12-19-8-10-23(33-3)11-9-19/h4-11,22H,12-18H2,1-3H3. The van der Waals surface area contributed by atoms with E-state index in [1.54, 1.807) is 26.1 Å². The molecule has 172 valence electrons. The fourth-order valence-electron chi connectivity index (χ4n) is 5.21. The van der Waals surface area contributed by atoms with Gasteiger partial charge in [-0.25, -0.2) is 0 Å². The van der Waals surface area contributed by atoms with Gasteiger partial charge in [0.05, 0.1) is 7.11 Å². The molecular weight excluding hydrogens is 412 g/mol. The summed E-state index contributed by atoms with van der Waals surface area (Å²) in [6, 6.07) is 17.5. The predicted molar refractivity (Wildman–Crippen MR) is 129 cm³/mol. The van der Waals surface area contributed by atoms with E-state index in [4.69, 9.17) is 9.84 Å². The third kappa shape index (κ3) is 4.27. The van der Waals surface area contributed by atoms with Crippen molar-refractivity contribution in [2.75, 3.05) is 27.7 Å². The maximum absolute atomic E-state index is 13.0. The molecule has 5 rings (SSSR count). The van der Waals surface area contributed by atoms with E-state index in [1.807, 2.05) is 12.1 Å². The fraction of sp³-hybridized carbons (Fsp3) is 0.407. The van der Waals surface area contributed by atoms with Crippen LogP contribution in [-0.2, 0) is 38.8 Å². The molecule has 0 saturated carbocycles. The number of carbonyl (C=O) groups is 1. The highest BCUT2D eigenvalue weighted by molar-refractivity contribution is 5.93. The van der Waals surface area contributed by atoms with Crippen LogP contribution in [0.5, 0.6) is 5.75 Å². The number of hydrogen-bond acceptors (Lipinski definition) is 4. The summed E-state index contributed by atoms with van der Waals surface area (Å²) in [6.45, 7) is 2.57. The van der Waals surface area contributed by atoms with Crippen molar-refractivity contribution in [3.05, 3.63) is 82.2 Å². The summed E-state index contributed by atoms with van der Waals surface area (Å²) in [5, 5.41) is 4.84. The second-order valence-electron chi connectivity index (χ2n) is 9.35. The van der Waals surface area contributed by atoms with E-state index < -0.39 is 0 Å². The highest BCUT2D eigenvalue weighted by atomic mass is 16.5. The lowest BCUT2D eigenvalue weighted by Crippen LogP contribution is -2.40. The Morgan fingerprint density at radius 2 is 1.79 bits per heavy atom. The van der Waals surface area contributed by atoms with E-state index in [1.165, 1.54) is 22.4 Å². The third-order valence-electron chi connectivity index (χ3n) is 7.09. The Hall–Kier alpha value is -3.12. The summed E-state index contributed by atoms with van der Waals surface area (Å²) in [6.07, 6.45) is 3.98. The first kappa shape index (κ1) is 21.7. The molecule has 1 aliphatic heterocycles. The van der Waals surface area contributed by atoms with Crippen molar-refractivity contribution in [2.45, 2.75) is 44.8 Å². The number of benzene rings is 2. The van der Waals surface area contributed by atoms with Crippen LogP contribution in [0.2, 0.25) is 0 Å². The zero-order valence-electron chi connectivity index (χ0n) is 19.8. The summed E-state index contributed by atoms with van der Waals surface area (Å²) < 4.78 is 7.35. The lowest BCUT2D eigenvalue weighted by molar-refractivity contribution is 0.0817. The summed E-state index contributed by atoms with van der Waals surface area (Å²) in [5.74, 6) is 0.856. The largest absolute Gasteiger partial charge is 0.497 e. The number of amides is 1. The lowest BCUT2D eigenvalue weighted by Gasteiger charge is -2.33. The van der Waals surface area contributed by atoms with Gasteiger partial charge in [0.15, 0.2) is 5.69 Å². The Kier molecular flexibility index (Phi) is 5.94. The molecular formula is C27H32N4O2. The predicted octanol–water partition coefficient (Wildman–Crippen LogP) is 3.36. The molecule has 0 radical (unpaired) electrons. The van der Waals surface area contributed by atoms with Crippen LogP contribution in [0.4, 0.5) is 0 Å². The molecule has 0 unspecified atom stereocenters. The molecule has 1 aliphatic carbocycles. The number of ether oxygens (including phenoxy) is 1. The molecule has 0 fully saturated rings. The van der Waals surface area contributed by atoms with Crippen LogP contribution in [0.1, 0.15) is 38.4 Å². The van der Waals surface area contributed by atoms with E-state index in [2.05, 4.69) is 46.0 Å². The molecule has 0 spiro atoms. The molecule has 6 heteroatoms. The number of hydrogen-bond donors (Lipinski definition) is 0. The number of methoxy groups -OCH3 is 1. The molecule has 3 aromatic rings. The smallest absolute Gasteiger partial charge is 0.274 e. The van der Waals surface area contributed by atoms with Crippen molar-refractivity contribution >= 4 is 5.91 Å². The normalized spacial score (nSPS) is 15.8. The van der Waals surface area contributed by atoms with Gasteiger partial charge < -0.3 is 9.64 Å². The molecule has 2 aromatic carbocycles. The Morgan fingerprint density at radius 3 is 2.42 bits per heavy atom. The number of rotatable bonds is 6. The van der Waals surface area contributed by atoms with Gasteiger partial charge in [0.1, 0.15) is 5.75 Å². The van der Waals surface area contributed by atoms with Gasteiger partial charge in [-0.1, -0.05) is 36.4 Å². The summed E-state index contributed by atoms with van der Waals surface area (Å²) in [5.41, 5.74) is 7.12. The average molecular weight is 445 g/mol. The summed E-state index contributed by atoms with van der Waals surface area (Å²) in [4.78, 5) is 17.2. The van der Waals surface area contributed by atoms with Crippen molar-refractivity contribution in [2.24, 2.45) is 0 Å². The zero-order chi connectivity index (χ0) is 22.9. The van der Waals surface area contributed by atoms with Crippen molar-refractivity contribution in [1.29, 1.82) is 0 Å². The SMILES string of the molecule is COc1ccc(CCn2nc(C(=O)N(C)C)c3c2CCN(C2Cc4ccccc4C2)C3)cc1. The molecule has 0 N–H and O–H groups in total. The minimum atomic E-state index is -0.00833. The summed E-state index contributed by atoms with van der Waals surface area (Å²) >= 11 is 0. The first-order chi connectivity index (χ1) is 16.0. The van der Waals surface area contributed by atoms with E-state index in [-0.39, 0.29) is 5.91 Å². The highest BCUT2D eigenvalue weighted by Gasteiger charge is 2.33. The van der Waals surface area contributed by atoms with Crippen LogP contribution in [0, 0.1) is 0 Å². The minimum absolute atomic E-state index is 0.00833. The van der Waals surface area contributed by atoms with Gasteiger partial charge in [-0.3, -0.25) is 14.4 Å². The van der Waals surface area contributed by atoms with E-state index in [0.29, 0.717) is 11.7 Å². The van der Waals surface area contributed by atoms with Gasteiger partial charge in [0, 0.05) is 57.4 Å². The Labute approximate surface area is 195 Å². The second-order valence-corrected chi connectivity index (χ2v) is 9.35. The third-order valence-corrected chi connectivity index (χ3v) is 7.09. The molecule has 0 bridgehead atoms. The van der Waals surface area contributed by atoms with Crippen molar-refractivity contribution in [3.63, 3.8) is 0 Å². The zero-order valence-corrected chi connectivity index (χ0v) is 19.8. The van der Waals surface area contributed by atoms with Gasteiger partial charge in [0.25, 0.3) is 5.91 Å². The molecule has 0 atom stereocenters. The van der Waals surface area contributed by atoms with Gasteiger partial charge >= 0.3 is 0 Å². The second kappa shape index (κ2) is 9.02. The fourth-order valence-corrected chi connectivity index (χ4v) is 5.21. The van der Waals surface area contributed by atoms with Crippen LogP contribution in [0.3, 0.4) is 0 Å². The Balaban J connectivity index is 1.37. The molecule has 0 saturated heterocycles. The number of fused-ring (bicyclic) bond motifs is 2. The van der Waals surface area contributed by atoms with Crippen LogP contribution in [-0.4, -0.2) is 59.3 Å².